The molecule has 1 heterocycles. The van der Waals surface area contributed by atoms with Gasteiger partial charge in [0.15, 0.2) is 0 Å². The molecule has 0 atom stereocenters. The van der Waals surface area contributed by atoms with Gasteiger partial charge >= 0.3 is 5.97 Å². The Labute approximate surface area is 179 Å². The van der Waals surface area contributed by atoms with Gasteiger partial charge in [-0.15, -0.1) is 0 Å². The number of halogens is 2. The van der Waals surface area contributed by atoms with Crippen LogP contribution in [0.1, 0.15) is 11.1 Å². The molecule has 1 saturated heterocycles. The van der Waals surface area contributed by atoms with Gasteiger partial charge in [0.2, 0.25) is 10.0 Å². The zero-order valence-electron chi connectivity index (χ0n) is 15.4. The molecule has 29 heavy (non-hydrogen) atoms. The summed E-state index contributed by atoms with van der Waals surface area (Å²) in [5, 5.41) is 0.818. The van der Waals surface area contributed by atoms with Crippen molar-refractivity contribution in [2.75, 3.05) is 26.3 Å². The lowest BCUT2D eigenvalue weighted by atomic mass is 10.2. The Morgan fingerprint density at radius 3 is 2.59 bits per heavy atom. The quantitative estimate of drug-likeness (QED) is 0.489. The molecule has 6 nitrogen and oxygen atoms in total. The van der Waals surface area contributed by atoms with Crippen LogP contribution in [0.3, 0.4) is 0 Å². The highest BCUT2D eigenvalue weighted by molar-refractivity contribution is 7.89. The molecule has 9 heteroatoms. The van der Waals surface area contributed by atoms with E-state index < -0.39 is 16.0 Å². The molecule has 1 aliphatic rings. The van der Waals surface area contributed by atoms with Crippen LogP contribution >= 0.6 is 23.2 Å². The largest absolute Gasteiger partial charge is 0.458 e. The van der Waals surface area contributed by atoms with E-state index in [4.69, 9.17) is 32.7 Å². The maximum absolute atomic E-state index is 12.7. The SMILES string of the molecule is O=C(/C=C/c1ccc(Cl)c(Cl)c1)OCc1cccc(S(=O)(=O)N2CCOCC2)c1. The number of benzene rings is 2. The van der Waals surface area contributed by atoms with Gasteiger partial charge < -0.3 is 9.47 Å². The second-order valence-electron chi connectivity index (χ2n) is 6.28. The zero-order valence-corrected chi connectivity index (χ0v) is 17.7. The normalized spacial score (nSPS) is 15.5. The van der Waals surface area contributed by atoms with Crippen LogP contribution in [0.2, 0.25) is 10.0 Å². The van der Waals surface area contributed by atoms with Crippen molar-refractivity contribution in [3.8, 4) is 0 Å². The van der Waals surface area contributed by atoms with Crippen LogP contribution in [0, 0.1) is 0 Å². The average molecular weight is 456 g/mol. The van der Waals surface area contributed by atoms with Crippen molar-refractivity contribution in [3.63, 3.8) is 0 Å². The fourth-order valence-corrected chi connectivity index (χ4v) is 4.50. The minimum Gasteiger partial charge on any atom is -0.458 e. The predicted octanol–water partition coefficient (Wildman–Crippen LogP) is 3.77. The van der Waals surface area contributed by atoms with Crippen molar-refractivity contribution < 1.29 is 22.7 Å². The highest BCUT2D eigenvalue weighted by Gasteiger charge is 2.26. The van der Waals surface area contributed by atoms with E-state index in [0.717, 1.165) is 0 Å². The third kappa shape index (κ3) is 5.81. The average Bonchev–Trinajstić information content (AvgIpc) is 2.74. The van der Waals surface area contributed by atoms with E-state index in [1.54, 1.807) is 36.4 Å². The molecular weight excluding hydrogens is 437 g/mol. The molecular formula is C20H19Cl2NO5S. The molecule has 2 aromatic rings. The number of esters is 1. The molecule has 154 valence electrons. The summed E-state index contributed by atoms with van der Waals surface area (Å²) in [7, 11) is -3.60. The van der Waals surface area contributed by atoms with Crippen molar-refractivity contribution >= 4 is 45.3 Å². The van der Waals surface area contributed by atoms with Crippen LogP contribution in [-0.2, 0) is 30.9 Å². The molecule has 0 bridgehead atoms. The first-order valence-corrected chi connectivity index (χ1v) is 11.0. The summed E-state index contributed by atoms with van der Waals surface area (Å²) in [5.74, 6) is -0.558. The summed E-state index contributed by atoms with van der Waals surface area (Å²) in [4.78, 5) is 12.1. The molecule has 0 spiro atoms. The minimum atomic E-state index is -3.60. The number of hydrogen-bond acceptors (Lipinski definition) is 5. The molecule has 2 aromatic carbocycles. The standard InChI is InChI=1S/C20H19Cl2NO5S/c21-18-6-4-15(13-19(18)22)5-7-20(24)28-14-16-2-1-3-17(12-16)29(25,26)23-8-10-27-11-9-23/h1-7,12-13H,8-11,14H2/b7-5+. The van der Waals surface area contributed by atoms with Gasteiger partial charge in [0.05, 0.1) is 28.2 Å². The van der Waals surface area contributed by atoms with Crippen molar-refractivity contribution in [2.24, 2.45) is 0 Å². The first-order chi connectivity index (χ1) is 13.9. The molecule has 0 radical (unpaired) electrons. The lowest BCUT2D eigenvalue weighted by Gasteiger charge is -2.26. The molecule has 1 fully saturated rings. The van der Waals surface area contributed by atoms with Gasteiger partial charge in [-0.3, -0.25) is 0 Å². The Kier molecular flexibility index (Phi) is 7.32. The first-order valence-electron chi connectivity index (χ1n) is 8.83. The Bertz CT molecular complexity index is 1020. The van der Waals surface area contributed by atoms with Crippen LogP contribution in [0.25, 0.3) is 6.08 Å². The van der Waals surface area contributed by atoms with Crippen LogP contribution in [-0.4, -0.2) is 45.0 Å². The van der Waals surface area contributed by atoms with Gasteiger partial charge in [0, 0.05) is 19.2 Å². The highest BCUT2D eigenvalue weighted by atomic mass is 35.5. The topological polar surface area (TPSA) is 72.9 Å². The molecule has 0 aliphatic carbocycles. The first kappa shape index (κ1) is 21.8. The number of rotatable bonds is 6. The Hall–Kier alpha value is -1.90. The van der Waals surface area contributed by atoms with Crippen LogP contribution in [0.4, 0.5) is 0 Å². The van der Waals surface area contributed by atoms with Gasteiger partial charge in [-0.25, -0.2) is 13.2 Å². The number of morpholine rings is 1. The molecule has 0 saturated carbocycles. The van der Waals surface area contributed by atoms with E-state index in [0.29, 0.717) is 47.5 Å². The van der Waals surface area contributed by atoms with E-state index in [9.17, 15) is 13.2 Å². The highest BCUT2D eigenvalue weighted by Crippen LogP contribution is 2.23. The second-order valence-corrected chi connectivity index (χ2v) is 9.03. The van der Waals surface area contributed by atoms with Gasteiger partial charge in [-0.2, -0.15) is 4.31 Å². The third-order valence-electron chi connectivity index (χ3n) is 4.24. The predicted molar refractivity (Wildman–Crippen MR) is 111 cm³/mol. The Morgan fingerprint density at radius 2 is 1.86 bits per heavy atom. The second kappa shape index (κ2) is 9.73. The molecule has 0 aromatic heterocycles. The number of hydrogen-bond donors (Lipinski definition) is 0. The summed E-state index contributed by atoms with van der Waals surface area (Å²) in [6.07, 6.45) is 2.83. The lowest BCUT2D eigenvalue weighted by molar-refractivity contribution is -0.138. The van der Waals surface area contributed by atoms with Gasteiger partial charge in [-0.05, 0) is 41.5 Å². The number of carbonyl (C=O) groups is 1. The molecule has 0 N–H and O–H groups in total. The van der Waals surface area contributed by atoms with E-state index in [1.165, 1.54) is 22.5 Å². The number of carbonyl (C=O) groups excluding carboxylic acids is 1. The summed E-state index contributed by atoms with van der Waals surface area (Å²) in [6, 6.07) is 11.4. The van der Waals surface area contributed by atoms with Gasteiger partial charge in [0.1, 0.15) is 6.61 Å². The maximum Gasteiger partial charge on any atom is 0.331 e. The third-order valence-corrected chi connectivity index (χ3v) is 6.88. The molecule has 1 aliphatic heterocycles. The smallest absolute Gasteiger partial charge is 0.331 e. The number of nitrogens with zero attached hydrogens (tertiary/aromatic N) is 1. The van der Waals surface area contributed by atoms with Crippen LogP contribution < -0.4 is 0 Å². The van der Waals surface area contributed by atoms with Gasteiger partial charge in [-0.1, -0.05) is 41.4 Å². The molecule has 0 amide bonds. The minimum absolute atomic E-state index is 0.0446. The van der Waals surface area contributed by atoms with Crippen LogP contribution in [0.15, 0.2) is 53.4 Å². The van der Waals surface area contributed by atoms with Crippen molar-refractivity contribution in [3.05, 3.63) is 69.7 Å². The number of sulfonamides is 1. The lowest BCUT2D eigenvalue weighted by Crippen LogP contribution is -2.40. The Balaban J connectivity index is 1.62. The maximum atomic E-state index is 12.7. The Morgan fingerprint density at radius 1 is 1.10 bits per heavy atom. The zero-order chi connectivity index (χ0) is 20.9. The summed E-state index contributed by atoms with van der Waals surface area (Å²) >= 11 is 11.8. The fourth-order valence-electron chi connectivity index (χ4n) is 2.71. The summed E-state index contributed by atoms with van der Waals surface area (Å²) in [6.45, 7) is 1.35. The van der Waals surface area contributed by atoms with E-state index in [2.05, 4.69) is 0 Å². The van der Waals surface area contributed by atoms with E-state index >= 15 is 0 Å². The van der Waals surface area contributed by atoms with E-state index in [1.807, 2.05) is 0 Å². The summed E-state index contributed by atoms with van der Waals surface area (Å²) in [5.41, 5.74) is 1.28. The number of ether oxygens (including phenoxy) is 2. The summed E-state index contributed by atoms with van der Waals surface area (Å²) < 4.78 is 37.2. The van der Waals surface area contributed by atoms with Crippen LogP contribution in [0.5, 0.6) is 0 Å². The van der Waals surface area contributed by atoms with Crippen molar-refractivity contribution in [1.82, 2.24) is 4.31 Å². The van der Waals surface area contributed by atoms with E-state index in [-0.39, 0.29) is 11.5 Å². The monoisotopic (exact) mass is 455 g/mol. The molecule has 0 unspecified atom stereocenters. The molecule has 3 rings (SSSR count). The van der Waals surface area contributed by atoms with Gasteiger partial charge in [0.25, 0.3) is 0 Å². The fraction of sp³-hybridized carbons (Fsp3) is 0.250. The van der Waals surface area contributed by atoms with Crippen molar-refractivity contribution in [1.29, 1.82) is 0 Å². The van der Waals surface area contributed by atoms with Crippen molar-refractivity contribution in [2.45, 2.75) is 11.5 Å².